The van der Waals surface area contributed by atoms with E-state index in [1.165, 1.54) is 17.0 Å². The number of hydrogen-bond donors (Lipinski definition) is 0. The van der Waals surface area contributed by atoms with Crippen molar-refractivity contribution in [3.63, 3.8) is 0 Å². The van der Waals surface area contributed by atoms with E-state index in [9.17, 15) is 14.9 Å². The summed E-state index contributed by atoms with van der Waals surface area (Å²) >= 11 is 0. The molecule has 0 spiro atoms. The molecule has 0 bridgehead atoms. The predicted octanol–water partition coefficient (Wildman–Crippen LogP) is 2.86. The van der Waals surface area contributed by atoms with Gasteiger partial charge in [0.25, 0.3) is 11.7 Å². The summed E-state index contributed by atoms with van der Waals surface area (Å²) in [4.78, 5) is 28.6. The van der Waals surface area contributed by atoms with Crippen molar-refractivity contribution in [2.75, 3.05) is 4.90 Å². The van der Waals surface area contributed by atoms with E-state index in [1.807, 2.05) is 44.2 Å². The van der Waals surface area contributed by atoms with E-state index in [0.29, 0.717) is 5.75 Å². The molecule has 7 nitrogen and oxygen atoms in total. The molecule has 23 heavy (non-hydrogen) atoms. The fourth-order valence-electron chi connectivity index (χ4n) is 2.54. The highest BCUT2D eigenvalue weighted by atomic mass is 16.6. The van der Waals surface area contributed by atoms with E-state index in [1.54, 1.807) is 0 Å². The second kappa shape index (κ2) is 5.68. The van der Waals surface area contributed by atoms with E-state index in [2.05, 4.69) is 4.98 Å². The summed E-state index contributed by atoms with van der Waals surface area (Å²) in [5, 5.41) is 10.9. The van der Waals surface area contributed by atoms with Gasteiger partial charge in [-0.3, -0.25) is 9.69 Å². The zero-order valence-electron chi connectivity index (χ0n) is 12.7. The summed E-state index contributed by atoms with van der Waals surface area (Å²) in [7, 11) is 0. The van der Waals surface area contributed by atoms with Crippen LogP contribution in [0.2, 0.25) is 0 Å². The highest BCUT2D eigenvalue weighted by Gasteiger charge is 2.40. The van der Waals surface area contributed by atoms with Crippen LogP contribution in [0.3, 0.4) is 0 Å². The summed E-state index contributed by atoms with van der Waals surface area (Å²) in [6, 6.07) is 11.7. The van der Waals surface area contributed by atoms with E-state index < -0.39 is 11.0 Å². The lowest BCUT2D eigenvalue weighted by molar-refractivity contribution is -0.389. The van der Waals surface area contributed by atoms with Gasteiger partial charge in [0.2, 0.25) is 6.10 Å². The summed E-state index contributed by atoms with van der Waals surface area (Å²) in [5.41, 5.74) is 0.729. The minimum Gasteiger partial charge on any atom is -0.469 e. The Balaban J connectivity index is 2.10. The first-order valence-electron chi connectivity index (χ1n) is 7.19. The first-order chi connectivity index (χ1) is 11.0. The Kier molecular flexibility index (Phi) is 3.69. The smallest absolute Gasteiger partial charge is 0.366 e. The molecule has 1 aliphatic heterocycles. The van der Waals surface area contributed by atoms with Gasteiger partial charge in [0.15, 0.2) is 5.75 Å². The van der Waals surface area contributed by atoms with Gasteiger partial charge in [-0.15, -0.1) is 0 Å². The summed E-state index contributed by atoms with van der Waals surface area (Å²) < 4.78 is 5.77. The van der Waals surface area contributed by atoms with Crippen molar-refractivity contribution >= 4 is 17.5 Å². The average Bonchev–Trinajstić information content (AvgIpc) is 2.54. The van der Waals surface area contributed by atoms with Crippen molar-refractivity contribution in [1.82, 2.24) is 4.98 Å². The monoisotopic (exact) mass is 313 g/mol. The van der Waals surface area contributed by atoms with Crippen LogP contribution < -0.4 is 9.64 Å². The number of rotatable bonds is 3. The lowest BCUT2D eigenvalue weighted by Crippen LogP contribution is -2.45. The van der Waals surface area contributed by atoms with Gasteiger partial charge < -0.3 is 14.9 Å². The Hall–Kier alpha value is -2.96. The fourth-order valence-corrected chi connectivity index (χ4v) is 2.54. The van der Waals surface area contributed by atoms with Crippen LogP contribution in [0.25, 0.3) is 0 Å². The third kappa shape index (κ3) is 2.61. The molecule has 0 radical (unpaired) electrons. The Labute approximate surface area is 132 Å². The third-order valence-electron chi connectivity index (χ3n) is 3.57. The second-order valence-electron chi connectivity index (χ2n) is 5.46. The molecule has 3 rings (SSSR count). The Morgan fingerprint density at radius 2 is 1.91 bits per heavy atom. The van der Waals surface area contributed by atoms with Gasteiger partial charge >= 0.3 is 5.82 Å². The standard InChI is InChI=1S/C16H15N3O4/c1-10(2)18-15-12(8-9-13(17-15)19(21)22)23-14(16(18)20)11-6-4-3-5-7-11/h3-10,14H,1-2H3. The zero-order chi connectivity index (χ0) is 16.6. The molecule has 0 saturated carbocycles. The van der Waals surface area contributed by atoms with Crippen LogP contribution in [0.4, 0.5) is 11.6 Å². The summed E-state index contributed by atoms with van der Waals surface area (Å²) in [5.74, 6) is -0.0557. The van der Waals surface area contributed by atoms with E-state index in [4.69, 9.17) is 4.74 Å². The second-order valence-corrected chi connectivity index (χ2v) is 5.46. The maximum absolute atomic E-state index is 12.8. The molecule has 2 aromatic rings. The van der Waals surface area contributed by atoms with Gasteiger partial charge in [0, 0.05) is 17.7 Å². The molecule has 118 valence electrons. The predicted molar refractivity (Wildman–Crippen MR) is 83.3 cm³/mol. The van der Waals surface area contributed by atoms with Crippen molar-refractivity contribution in [3.8, 4) is 5.75 Å². The summed E-state index contributed by atoms with van der Waals surface area (Å²) in [6.45, 7) is 3.66. The molecule has 1 atom stereocenters. The molecule has 0 aliphatic carbocycles. The number of ether oxygens (including phenoxy) is 1. The number of nitrogens with zero attached hydrogens (tertiary/aromatic N) is 3. The molecule has 1 aromatic carbocycles. The lowest BCUT2D eigenvalue weighted by atomic mass is 10.1. The molecule has 2 heterocycles. The largest absolute Gasteiger partial charge is 0.469 e. The van der Waals surface area contributed by atoms with Crippen LogP contribution in [-0.4, -0.2) is 21.9 Å². The van der Waals surface area contributed by atoms with E-state index in [0.717, 1.165) is 5.56 Å². The number of fused-ring (bicyclic) bond motifs is 1. The minimum atomic E-state index is -0.783. The molecule has 0 N–H and O–H groups in total. The first kappa shape index (κ1) is 15.0. The van der Waals surface area contributed by atoms with Crippen LogP contribution in [0.15, 0.2) is 42.5 Å². The third-order valence-corrected chi connectivity index (χ3v) is 3.57. The average molecular weight is 313 g/mol. The number of aromatic nitrogens is 1. The van der Waals surface area contributed by atoms with Gasteiger partial charge in [-0.2, -0.15) is 0 Å². The molecule has 7 heteroatoms. The SMILES string of the molecule is CC(C)N1C(=O)C(c2ccccc2)Oc2ccc([N+](=O)[O-])nc21. The summed E-state index contributed by atoms with van der Waals surface area (Å²) in [6.07, 6.45) is -0.783. The Morgan fingerprint density at radius 3 is 2.52 bits per heavy atom. The molecular formula is C16H15N3O4. The number of hydrogen-bond acceptors (Lipinski definition) is 5. The maximum Gasteiger partial charge on any atom is 0.366 e. The number of carbonyl (C=O) groups is 1. The topological polar surface area (TPSA) is 85.6 Å². The van der Waals surface area contributed by atoms with Crippen molar-refractivity contribution in [1.29, 1.82) is 0 Å². The van der Waals surface area contributed by atoms with Crippen molar-refractivity contribution < 1.29 is 14.5 Å². The Morgan fingerprint density at radius 1 is 1.22 bits per heavy atom. The molecule has 1 aliphatic rings. The highest BCUT2D eigenvalue weighted by molar-refractivity contribution is 6.00. The quantitative estimate of drug-likeness (QED) is 0.642. The molecule has 1 unspecified atom stereocenters. The van der Waals surface area contributed by atoms with Gasteiger partial charge in [0.05, 0.1) is 0 Å². The van der Waals surface area contributed by atoms with Crippen LogP contribution in [0.1, 0.15) is 25.5 Å². The van der Waals surface area contributed by atoms with Crippen LogP contribution in [-0.2, 0) is 4.79 Å². The fraction of sp³-hybridized carbons (Fsp3) is 0.250. The lowest BCUT2D eigenvalue weighted by Gasteiger charge is -2.33. The first-order valence-corrected chi connectivity index (χ1v) is 7.19. The number of carbonyl (C=O) groups excluding carboxylic acids is 1. The number of anilines is 1. The molecule has 0 fully saturated rings. The van der Waals surface area contributed by atoms with Gasteiger partial charge in [-0.25, -0.2) is 0 Å². The molecule has 1 aromatic heterocycles. The molecule has 0 saturated heterocycles. The zero-order valence-corrected chi connectivity index (χ0v) is 12.7. The van der Waals surface area contributed by atoms with Crippen molar-refractivity contribution in [2.24, 2.45) is 0 Å². The van der Waals surface area contributed by atoms with Gasteiger partial charge in [-0.05, 0) is 29.8 Å². The van der Waals surface area contributed by atoms with Crippen molar-refractivity contribution in [3.05, 3.63) is 58.1 Å². The number of amides is 1. The van der Waals surface area contributed by atoms with E-state index in [-0.39, 0.29) is 23.6 Å². The van der Waals surface area contributed by atoms with Crippen LogP contribution >= 0.6 is 0 Å². The Bertz CT molecular complexity index is 761. The molecular weight excluding hydrogens is 298 g/mol. The van der Waals surface area contributed by atoms with Gasteiger partial charge in [-0.1, -0.05) is 30.3 Å². The van der Waals surface area contributed by atoms with Crippen LogP contribution in [0, 0.1) is 10.1 Å². The van der Waals surface area contributed by atoms with E-state index >= 15 is 0 Å². The number of benzene rings is 1. The normalized spacial score (nSPS) is 16.9. The maximum atomic E-state index is 12.8. The number of nitro groups is 1. The number of pyridine rings is 1. The minimum absolute atomic E-state index is 0.186. The highest BCUT2D eigenvalue weighted by Crippen LogP contribution is 2.39. The van der Waals surface area contributed by atoms with Gasteiger partial charge in [0.1, 0.15) is 0 Å². The molecule has 1 amide bonds. The van der Waals surface area contributed by atoms with Crippen LogP contribution in [0.5, 0.6) is 5.75 Å². The van der Waals surface area contributed by atoms with Crippen molar-refractivity contribution in [2.45, 2.75) is 26.0 Å².